The number of hydrogen-bond acceptors (Lipinski definition) is 7. The molecule has 3 aromatic rings. The van der Waals surface area contributed by atoms with E-state index in [1.54, 1.807) is 23.1 Å². The summed E-state index contributed by atoms with van der Waals surface area (Å²) in [5.74, 6) is 1.50. The minimum absolute atomic E-state index is 0.275. The first-order valence-corrected chi connectivity index (χ1v) is 9.30. The summed E-state index contributed by atoms with van der Waals surface area (Å²) in [6.07, 6.45) is 5.27. The fraction of sp³-hybridized carbons (Fsp3) is 0.350. The van der Waals surface area contributed by atoms with Crippen molar-refractivity contribution in [2.75, 3.05) is 24.6 Å². The molecule has 8 heteroatoms. The van der Waals surface area contributed by atoms with Crippen LogP contribution in [0, 0.1) is 11.3 Å². The maximum absolute atomic E-state index is 9.82. The average Bonchev–Trinajstić information content (AvgIpc) is 3.13. The zero-order valence-corrected chi connectivity index (χ0v) is 15.6. The molecule has 0 bridgehead atoms. The van der Waals surface area contributed by atoms with E-state index in [4.69, 9.17) is 10.5 Å². The number of aliphatic hydroxyl groups is 1. The summed E-state index contributed by atoms with van der Waals surface area (Å²) in [7, 11) is 0. The highest BCUT2D eigenvalue weighted by Crippen LogP contribution is 2.31. The van der Waals surface area contributed by atoms with Crippen LogP contribution < -0.4 is 15.4 Å². The van der Waals surface area contributed by atoms with E-state index in [-0.39, 0.29) is 6.04 Å². The van der Waals surface area contributed by atoms with E-state index < -0.39 is 6.10 Å². The second-order valence-electron chi connectivity index (χ2n) is 6.86. The number of aliphatic hydroxyl groups excluding tert-OH is 1. The van der Waals surface area contributed by atoms with Crippen LogP contribution in [0.15, 0.2) is 36.8 Å². The van der Waals surface area contributed by atoms with Crippen LogP contribution in [0.1, 0.15) is 18.9 Å². The van der Waals surface area contributed by atoms with E-state index >= 15 is 0 Å². The van der Waals surface area contributed by atoms with Crippen LogP contribution in [-0.2, 0) is 0 Å². The fourth-order valence-electron chi connectivity index (χ4n) is 3.55. The zero-order chi connectivity index (χ0) is 19.7. The van der Waals surface area contributed by atoms with Gasteiger partial charge in [0.05, 0.1) is 36.2 Å². The van der Waals surface area contributed by atoms with Crippen LogP contribution in [-0.4, -0.2) is 51.5 Å². The molecule has 0 aromatic carbocycles. The smallest absolute Gasteiger partial charge is 0.138 e. The number of anilines is 1. The summed E-state index contributed by atoms with van der Waals surface area (Å²) in [6, 6.07) is 7.73. The Morgan fingerprint density at radius 2 is 2.25 bits per heavy atom. The predicted molar refractivity (Wildman–Crippen MR) is 105 cm³/mol. The number of rotatable bonds is 4. The highest BCUT2D eigenvalue weighted by Gasteiger charge is 2.25. The zero-order valence-electron chi connectivity index (χ0n) is 15.6. The molecule has 8 nitrogen and oxygen atoms in total. The molecule has 3 aromatic heterocycles. The monoisotopic (exact) mass is 378 g/mol. The largest absolute Gasteiger partial charge is 0.492 e. The first-order valence-electron chi connectivity index (χ1n) is 9.30. The molecule has 0 unspecified atom stereocenters. The normalized spacial score (nSPS) is 19.6. The maximum Gasteiger partial charge on any atom is 0.138 e. The van der Waals surface area contributed by atoms with E-state index in [2.05, 4.69) is 21.1 Å². The van der Waals surface area contributed by atoms with Gasteiger partial charge >= 0.3 is 0 Å². The van der Waals surface area contributed by atoms with Gasteiger partial charge in [0.25, 0.3) is 0 Å². The quantitative estimate of drug-likeness (QED) is 0.708. The lowest BCUT2D eigenvalue weighted by Gasteiger charge is -2.34. The van der Waals surface area contributed by atoms with Gasteiger partial charge in [-0.05, 0) is 31.5 Å². The van der Waals surface area contributed by atoms with Crippen LogP contribution >= 0.6 is 0 Å². The summed E-state index contributed by atoms with van der Waals surface area (Å²) >= 11 is 0. The van der Waals surface area contributed by atoms with Crippen molar-refractivity contribution in [1.82, 2.24) is 14.6 Å². The molecule has 4 rings (SSSR count). The van der Waals surface area contributed by atoms with Gasteiger partial charge in [0, 0.05) is 36.5 Å². The fourth-order valence-corrected chi connectivity index (χ4v) is 3.55. The Morgan fingerprint density at radius 1 is 1.39 bits per heavy atom. The molecule has 3 N–H and O–H groups in total. The Morgan fingerprint density at radius 3 is 2.93 bits per heavy atom. The van der Waals surface area contributed by atoms with Gasteiger partial charge < -0.3 is 20.5 Å². The van der Waals surface area contributed by atoms with Crippen LogP contribution in [0.4, 0.5) is 5.82 Å². The van der Waals surface area contributed by atoms with Gasteiger partial charge in [-0.1, -0.05) is 0 Å². The highest BCUT2D eigenvalue weighted by molar-refractivity contribution is 5.85. The van der Waals surface area contributed by atoms with Crippen molar-refractivity contribution in [1.29, 1.82) is 5.26 Å². The first kappa shape index (κ1) is 18.2. The molecule has 1 fully saturated rings. The molecule has 0 saturated carbocycles. The number of nitrogens with zero attached hydrogens (tertiary/aromatic N) is 5. The lowest BCUT2D eigenvalue weighted by molar-refractivity contribution is 0.124. The number of nitrogens with two attached hydrogens (primary N) is 1. The van der Waals surface area contributed by atoms with Crippen molar-refractivity contribution in [3.8, 4) is 22.9 Å². The van der Waals surface area contributed by atoms with Crippen molar-refractivity contribution >= 4 is 11.3 Å². The molecule has 0 spiro atoms. The number of piperidine rings is 1. The van der Waals surface area contributed by atoms with Crippen LogP contribution in [0.5, 0.6) is 5.75 Å². The molecule has 4 heterocycles. The predicted octanol–water partition coefficient (Wildman–Crippen LogP) is 1.56. The summed E-state index contributed by atoms with van der Waals surface area (Å²) in [5.41, 5.74) is 8.91. The van der Waals surface area contributed by atoms with Crippen molar-refractivity contribution in [3.63, 3.8) is 0 Å². The molecular formula is C20H22N6O2. The Hall–Kier alpha value is -3.15. The Balaban J connectivity index is 1.72. The number of pyridine rings is 2. The summed E-state index contributed by atoms with van der Waals surface area (Å²) in [6.45, 7) is 3.74. The van der Waals surface area contributed by atoms with Gasteiger partial charge in [-0.2, -0.15) is 10.4 Å². The Kier molecular flexibility index (Phi) is 4.86. The SMILES string of the molecule is CCOc1cc(-c2ccc(N3CC[C@@H](O)[C@H](N)C3)nc2)c2c(C#N)cnn2c1. The molecule has 144 valence electrons. The molecule has 0 amide bonds. The topological polar surface area (TPSA) is 113 Å². The number of fused-ring (bicyclic) bond motifs is 1. The minimum Gasteiger partial charge on any atom is -0.492 e. The van der Waals surface area contributed by atoms with Gasteiger partial charge in [-0.25, -0.2) is 9.50 Å². The van der Waals surface area contributed by atoms with Gasteiger partial charge in [0.15, 0.2) is 0 Å². The van der Waals surface area contributed by atoms with Gasteiger partial charge in [0.1, 0.15) is 17.6 Å². The van der Waals surface area contributed by atoms with Crippen LogP contribution in [0.3, 0.4) is 0 Å². The summed E-state index contributed by atoms with van der Waals surface area (Å²) in [4.78, 5) is 6.67. The van der Waals surface area contributed by atoms with Crippen LogP contribution in [0.2, 0.25) is 0 Å². The Labute approximate surface area is 162 Å². The Bertz CT molecular complexity index is 1020. The molecule has 1 aliphatic rings. The molecule has 0 radical (unpaired) electrons. The second kappa shape index (κ2) is 7.46. The number of aromatic nitrogens is 3. The molecular weight excluding hydrogens is 356 g/mol. The third-order valence-corrected chi connectivity index (χ3v) is 5.02. The summed E-state index contributed by atoms with van der Waals surface area (Å²) < 4.78 is 7.31. The van der Waals surface area contributed by atoms with E-state index in [9.17, 15) is 10.4 Å². The highest BCUT2D eigenvalue weighted by atomic mass is 16.5. The minimum atomic E-state index is -0.462. The number of hydrogen-bond donors (Lipinski definition) is 2. The lowest BCUT2D eigenvalue weighted by atomic mass is 10.0. The van der Waals surface area contributed by atoms with Crippen molar-refractivity contribution < 1.29 is 9.84 Å². The van der Waals surface area contributed by atoms with Gasteiger partial charge in [-0.3, -0.25) is 0 Å². The average molecular weight is 378 g/mol. The van der Waals surface area contributed by atoms with E-state index in [1.165, 1.54) is 0 Å². The standard InChI is InChI=1S/C20H22N6O2/c1-2-28-15-7-16(20-14(8-21)10-24-26(20)11-15)13-3-4-19(23-9-13)25-6-5-18(27)17(22)12-25/h3-4,7,9-11,17-18,27H,2,5-6,12,22H2,1H3/t17-,18-/m1/s1. The van der Waals surface area contributed by atoms with Crippen molar-refractivity contribution in [3.05, 3.63) is 42.4 Å². The van der Waals surface area contributed by atoms with Crippen molar-refractivity contribution in [2.24, 2.45) is 5.73 Å². The number of ether oxygens (including phenoxy) is 1. The maximum atomic E-state index is 9.82. The van der Waals surface area contributed by atoms with E-state index in [0.717, 1.165) is 22.5 Å². The second-order valence-corrected chi connectivity index (χ2v) is 6.86. The first-order chi connectivity index (χ1) is 13.6. The molecule has 0 aliphatic carbocycles. The molecule has 1 saturated heterocycles. The third-order valence-electron chi connectivity index (χ3n) is 5.02. The molecule has 28 heavy (non-hydrogen) atoms. The van der Waals surface area contributed by atoms with Gasteiger partial charge in [-0.15, -0.1) is 0 Å². The lowest BCUT2D eigenvalue weighted by Crippen LogP contribution is -2.51. The van der Waals surface area contributed by atoms with Gasteiger partial charge in [0.2, 0.25) is 0 Å². The van der Waals surface area contributed by atoms with E-state index in [1.807, 2.05) is 25.1 Å². The summed E-state index contributed by atoms with van der Waals surface area (Å²) in [5, 5.41) is 23.5. The van der Waals surface area contributed by atoms with Crippen LogP contribution in [0.25, 0.3) is 16.6 Å². The number of nitriles is 1. The molecule has 1 aliphatic heterocycles. The van der Waals surface area contributed by atoms with E-state index in [0.29, 0.717) is 37.4 Å². The third kappa shape index (κ3) is 3.26. The molecule has 2 atom stereocenters. The van der Waals surface area contributed by atoms with Crippen molar-refractivity contribution in [2.45, 2.75) is 25.5 Å².